The van der Waals surface area contributed by atoms with Gasteiger partial charge < -0.3 is 10.1 Å². The van der Waals surface area contributed by atoms with E-state index >= 15 is 0 Å². The van der Waals surface area contributed by atoms with E-state index in [4.69, 9.17) is 4.74 Å². The van der Waals surface area contributed by atoms with Gasteiger partial charge in [-0.25, -0.2) is 4.63 Å². The van der Waals surface area contributed by atoms with Crippen LogP contribution in [0.4, 0.5) is 11.5 Å². The monoisotopic (exact) mass is 285 g/mol. The molecule has 3 aromatic rings. The Morgan fingerprint density at radius 2 is 1.90 bits per heavy atom. The van der Waals surface area contributed by atoms with Crippen molar-refractivity contribution in [2.75, 3.05) is 11.9 Å². The molecule has 0 amide bonds. The molecule has 0 radical (unpaired) electrons. The Morgan fingerprint density at radius 3 is 2.67 bits per heavy atom. The molecule has 0 bridgehead atoms. The zero-order valence-corrected chi connectivity index (χ0v) is 12.0. The fourth-order valence-corrected chi connectivity index (χ4v) is 1.94. The maximum absolute atomic E-state index is 5.51. The van der Waals surface area contributed by atoms with Crippen molar-refractivity contribution in [3.05, 3.63) is 29.3 Å². The largest absolute Gasteiger partial charge is 0.475 e. The molecule has 21 heavy (non-hydrogen) atoms. The quantitative estimate of drug-likeness (QED) is 0.788. The zero-order valence-electron chi connectivity index (χ0n) is 12.0. The van der Waals surface area contributed by atoms with Crippen LogP contribution < -0.4 is 10.1 Å². The van der Waals surface area contributed by atoms with Gasteiger partial charge in [0.1, 0.15) is 0 Å². The molecule has 0 atom stereocenters. The van der Waals surface area contributed by atoms with Gasteiger partial charge >= 0.3 is 0 Å². The molecular weight excluding hydrogens is 270 g/mol. The van der Waals surface area contributed by atoms with Crippen molar-refractivity contribution in [2.24, 2.45) is 0 Å². The van der Waals surface area contributed by atoms with Crippen LogP contribution in [0.5, 0.6) is 5.88 Å². The highest BCUT2D eigenvalue weighted by molar-refractivity contribution is 5.72. The van der Waals surface area contributed by atoms with Crippen LogP contribution in [-0.2, 0) is 0 Å². The van der Waals surface area contributed by atoms with Gasteiger partial charge in [-0.3, -0.25) is 0 Å². The fourth-order valence-electron chi connectivity index (χ4n) is 1.94. The molecule has 1 aromatic carbocycles. The Bertz CT molecular complexity index is 784. The molecule has 0 unspecified atom stereocenters. The van der Waals surface area contributed by atoms with E-state index in [0.717, 1.165) is 16.8 Å². The van der Waals surface area contributed by atoms with Gasteiger partial charge in [0.25, 0.3) is 5.88 Å². The number of ether oxygens (including phenoxy) is 1. The van der Waals surface area contributed by atoms with E-state index in [1.54, 1.807) is 0 Å². The average molecular weight is 285 g/mol. The Morgan fingerprint density at radius 1 is 1.14 bits per heavy atom. The third-order valence-corrected chi connectivity index (χ3v) is 3.01. The smallest absolute Gasteiger partial charge is 0.260 e. The molecule has 0 aliphatic rings. The van der Waals surface area contributed by atoms with Gasteiger partial charge in [0.15, 0.2) is 5.82 Å². The molecule has 3 rings (SSSR count). The number of fused-ring (bicyclic) bond motifs is 1. The maximum Gasteiger partial charge on any atom is 0.260 e. The highest BCUT2D eigenvalue weighted by Gasteiger charge is 2.14. The second-order valence-corrected chi connectivity index (χ2v) is 4.67. The van der Waals surface area contributed by atoms with Crippen LogP contribution >= 0.6 is 0 Å². The summed E-state index contributed by atoms with van der Waals surface area (Å²) >= 11 is 0. The minimum absolute atomic E-state index is 0.324. The summed E-state index contributed by atoms with van der Waals surface area (Å²) in [6.07, 6.45) is 0. The molecule has 0 aliphatic carbocycles. The predicted molar refractivity (Wildman–Crippen MR) is 77.8 cm³/mol. The first-order valence-corrected chi connectivity index (χ1v) is 6.64. The number of hydrogen-bond donors (Lipinski definition) is 1. The summed E-state index contributed by atoms with van der Waals surface area (Å²) in [4.78, 5) is 8.61. The third kappa shape index (κ3) is 2.62. The van der Waals surface area contributed by atoms with E-state index in [1.165, 1.54) is 0 Å². The second kappa shape index (κ2) is 5.35. The van der Waals surface area contributed by atoms with Crippen LogP contribution in [0.3, 0.4) is 0 Å². The molecule has 0 saturated carbocycles. The highest BCUT2D eigenvalue weighted by atomic mass is 16.6. The number of aryl methyl sites for hydroxylation is 2. The summed E-state index contributed by atoms with van der Waals surface area (Å²) in [5.41, 5.74) is 3.86. The molecule has 0 spiro atoms. The molecule has 7 heteroatoms. The van der Waals surface area contributed by atoms with Crippen molar-refractivity contribution < 1.29 is 9.37 Å². The Hall–Kier alpha value is -2.70. The summed E-state index contributed by atoms with van der Waals surface area (Å²) < 4.78 is 10.1. The normalized spacial score (nSPS) is 10.8. The van der Waals surface area contributed by atoms with E-state index in [0.29, 0.717) is 29.6 Å². The second-order valence-electron chi connectivity index (χ2n) is 4.67. The van der Waals surface area contributed by atoms with Crippen molar-refractivity contribution in [3.63, 3.8) is 0 Å². The zero-order chi connectivity index (χ0) is 14.8. The van der Waals surface area contributed by atoms with Gasteiger partial charge in [-0.05, 0) is 48.3 Å². The molecule has 108 valence electrons. The van der Waals surface area contributed by atoms with E-state index < -0.39 is 0 Å². The minimum atomic E-state index is 0.324. The number of hydrogen-bond acceptors (Lipinski definition) is 7. The van der Waals surface area contributed by atoms with Crippen LogP contribution in [-0.4, -0.2) is 26.9 Å². The van der Waals surface area contributed by atoms with Crippen molar-refractivity contribution in [3.8, 4) is 5.88 Å². The molecular formula is C14H15N5O2. The van der Waals surface area contributed by atoms with Crippen LogP contribution in [0, 0.1) is 13.8 Å². The van der Waals surface area contributed by atoms with Crippen molar-refractivity contribution in [1.82, 2.24) is 20.3 Å². The first-order valence-electron chi connectivity index (χ1n) is 6.64. The lowest BCUT2D eigenvalue weighted by molar-refractivity contribution is 0.312. The first kappa shape index (κ1) is 13.3. The van der Waals surface area contributed by atoms with Crippen LogP contribution in [0.2, 0.25) is 0 Å². The van der Waals surface area contributed by atoms with Crippen molar-refractivity contribution in [2.45, 2.75) is 20.8 Å². The van der Waals surface area contributed by atoms with Crippen LogP contribution in [0.1, 0.15) is 18.1 Å². The van der Waals surface area contributed by atoms with Gasteiger partial charge in [-0.15, -0.1) is 0 Å². The number of nitrogens with one attached hydrogen (secondary N) is 1. The maximum atomic E-state index is 5.51. The number of aromatic nitrogens is 4. The molecule has 0 saturated heterocycles. The van der Waals surface area contributed by atoms with Gasteiger partial charge in [0.05, 0.1) is 6.61 Å². The lowest BCUT2D eigenvalue weighted by Crippen LogP contribution is -2.04. The SMILES string of the molecule is CCOc1nc2nonc2nc1Nc1cc(C)ccc1C. The number of nitrogens with zero attached hydrogens (tertiary/aromatic N) is 4. The summed E-state index contributed by atoms with van der Waals surface area (Å²) in [7, 11) is 0. The first-order chi connectivity index (χ1) is 10.2. The van der Waals surface area contributed by atoms with Crippen molar-refractivity contribution >= 4 is 22.8 Å². The fraction of sp³-hybridized carbons (Fsp3) is 0.286. The number of anilines is 2. The summed E-state index contributed by atoms with van der Waals surface area (Å²) in [6, 6.07) is 6.14. The Balaban J connectivity index is 2.05. The molecule has 7 nitrogen and oxygen atoms in total. The van der Waals surface area contributed by atoms with Crippen molar-refractivity contribution in [1.29, 1.82) is 0 Å². The number of benzene rings is 1. The lowest BCUT2D eigenvalue weighted by Gasteiger charge is -2.12. The van der Waals surface area contributed by atoms with E-state index in [9.17, 15) is 0 Å². The minimum Gasteiger partial charge on any atom is -0.475 e. The topological polar surface area (TPSA) is 86.0 Å². The standard InChI is InChI=1S/C14H15N5O2/c1-4-20-14-13(16-11-12(17-14)19-21-18-11)15-10-7-8(2)5-6-9(10)3/h5-7H,4H2,1-3H3,(H,15,16,18). The summed E-state index contributed by atoms with van der Waals surface area (Å²) in [5.74, 6) is 0.871. The lowest BCUT2D eigenvalue weighted by atomic mass is 10.1. The van der Waals surface area contributed by atoms with Crippen LogP contribution in [0.25, 0.3) is 11.3 Å². The molecule has 1 N–H and O–H groups in total. The predicted octanol–water partition coefficient (Wildman–Crippen LogP) is 2.77. The van der Waals surface area contributed by atoms with Gasteiger partial charge in [0.2, 0.25) is 11.3 Å². The van der Waals surface area contributed by atoms with E-state index in [-0.39, 0.29) is 0 Å². The summed E-state index contributed by atoms with van der Waals surface area (Å²) in [6.45, 7) is 6.41. The highest BCUT2D eigenvalue weighted by Crippen LogP contribution is 2.27. The Labute approximate surface area is 121 Å². The Kier molecular flexibility index (Phi) is 3.39. The average Bonchev–Trinajstić information content (AvgIpc) is 2.90. The van der Waals surface area contributed by atoms with E-state index in [1.807, 2.05) is 32.9 Å². The third-order valence-electron chi connectivity index (χ3n) is 3.01. The summed E-state index contributed by atoms with van der Waals surface area (Å²) in [5, 5.41) is 10.6. The van der Waals surface area contributed by atoms with Gasteiger partial charge in [0, 0.05) is 5.69 Å². The van der Waals surface area contributed by atoms with Gasteiger partial charge in [-0.1, -0.05) is 12.1 Å². The molecule has 2 heterocycles. The van der Waals surface area contributed by atoms with Crippen LogP contribution in [0.15, 0.2) is 22.8 Å². The number of rotatable bonds is 4. The molecule has 2 aromatic heterocycles. The molecule has 0 aliphatic heterocycles. The van der Waals surface area contributed by atoms with E-state index in [2.05, 4.69) is 36.3 Å². The van der Waals surface area contributed by atoms with Gasteiger partial charge in [-0.2, -0.15) is 9.97 Å². The molecule has 0 fully saturated rings.